The lowest BCUT2D eigenvalue weighted by atomic mass is 9.71. The number of allylic oxidation sites excluding steroid dienone is 1. The first-order chi connectivity index (χ1) is 17.4. The number of fused-ring (bicyclic) bond motifs is 1. The summed E-state index contributed by atoms with van der Waals surface area (Å²) in [5.41, 5.74) is -0.500. The number of aliphatic hydroxyl groups is 1. The van der Waals surface area contributed by atoms with Crippen molar-refractivity contribution in [2.24, 2.45) is 17.8 Å². The summed E-state index contributed by atoms with van der Waals surface area (Å²) in [6, 6.07) is -1.32. The van der Waals surface area contributed by atoms with Gasteiger partial charge in [0.05, 0.1) is 35.8 Å². The number of carbonyl (C=O) groups excluding carboxylic acids is 3. The van der Waals surface area contributed by atoms with Gasteiger partial charge in [-0.05, 0) is 52.4 Å². The number of hydrogen-bond donors (Lipinski definition) is 1. The fourth-order valence-electron chi connectivity index (χ4n) is 6.22. The van der Waals surface area contributed by atoms with E-state index in [-0.39, 0.29) is 40.4 Å². The first-order valence-electron chi connectivity index (χ1n) is 13.3. The third-order valence-corrected chi connectivity index (χ3v) is 11.2. The van der Waals surface area contributed by atoms with Crippen molar-refractivity contribution in [1.29, 1.82) is 0 Å². The second kappa shape index (κ2) is 11.8. The smallest absolute Gasteiger partial charge is 0.310 e. The van der Waals surface area contributed by atoms with Crippen molar-refractivity contribution in [3.63, 3.8) is 0 Å². The van der Waals surface area contributed by atoms with E-state index in [1.165, 1.54) is 0 Å². The van der Waals surface area contributed by atoms with E-state index in [4.69, 9.17) is 4.74 Å². The van der Waals surface area contributed by atoms with E-state index in [2.05, 4.69) is 29.1 Å². The Hall–Kier alpha value is -1.32. The van der Waals surface area contributed by atoms with Crippen LogP contribution in [0.15, 0.2) is 25.3 Å². The van der Waals surface area contributed by atoms with Gasteiger partial charge >= 0.3 is 5.97 Å². The third-order valence-electron chi connectivity index (χ3n) is 7.98. The van der Waals surface area contributed by atoms with Gasteiger partial charge in [0, 0.05) is 22.2 Å². The molecule has 2 amide bonds. The highest BCUT2D eigenvalue weighted by Crippen LogP contribution is 2.68. The Morgan fingerprint density at radius 2 is 1.97 bits per heavy atom. The van der Waals surface area contributed by atoms with Crippen LogP contribution in [0.25, 0.3) is 0 Å². The van der Waals surface area contributed by atoms with E-state index in [1.54, 1.807) is 27.6 Å². The molecular formula is C28H43BrN2O5S. The predicted octanol–water partition coefficient (Wildman–Crippen LogP) is 4.18. The van der Waals surface area contributed by atoms with E-state index in [9.17, 15) is 19.5 Å². The van der Waals surface area contributed by atoms with E-state index in [0.29, 0.717) is 19.6 Å². The van der Waals surface area contributed by atoms with Crippen molar-refractivity contribution in [2.45, 2.75) is 92.7 Å². The Labute approximate surface area is 234 Å². The number of unbranched alkanes of at least 4 members (excludes halogenated alkanes) is 2. The van der Waals surface area contributed by atoms with Crippen LogP contribution in [-0.4, -0.2) is 84.9 Å². The quantitative estimate of drug-likeness (QED) is 0.157. The van der Waals surface area contributed by atoms with Crippen molar-refractivity contribution >= 4 is 45.5 Å². The first kappa shape index (κ1) is 30.2. The molecule has 0 aromatic carbocycles. The molecule has 0 aromatic heterocycles. The van der Waals surface area contributed by atoms with Gasteiger partial charge in [-0.15, -0.1) is 24.9 Å². The molecule has 0 radical (unpaired) electrons. The van der Waals surface area contributed by atoms with Crippen molar-refractivity contribution in [1.82, 2.24) is 9.80 Å². The summed E-state index contributed by atoms with van der Waals surface area (Å²) >= 11 is 5.38. The Balaban J connectivity index is 2.04. The zero-order valence-electron chi connectivity index (χ0n) is 22.8. The molecule has 0 saturated carbocycles. The third kappa shape index (κ3) is 5.42. The molecule has 3 fully saturated rings. The lowest BCUT2D eigenvalue weighted by molar-refractivity contribution is -0.155. The summed E-state index contributed by atoms with van der Waals surface area (Å²) in [6.45, 7) is 17.8. The second-order valence-corrected chi connectivity index (χ2v) is 14.5. The van der Waals surface area contributed by atoms with Crippen LogP contribution in [0.5, 0.6) is 0 Å². The highest BCUT2D eigenvalue weighted by molar-refractivity contribution is 9.09. The minimum absolute atomic E-state index is 0.0239. The number of amides is 2. The van der Waals surface area contributed by atoms with Crippen LogP contribution in [0, 0.1) is 17.8 Å². The lowest BCUT2D eigenvalue weighted by Gasteiger charge is -2.44. The maximum absolute atomic E-state index is 14.4. The molecule has 1 spiro atoms. The molecule has 7 nitrogen and oxygen atoms in total. The molecular weight excluding hydrogens is 556 g/mol. The summed E-state index contributed by atoms with van der Waals surface area (Å²) in [7, 11) is 0. The zero-order valence-corrected chi connectivity index (χ0v) is 25.2. The summed E-state index contributed by atoms with van der Waals surface area (Å²) in [5, 5.41) is 10.2. The maximum atomic E-state index is 14.4. The molecule has 3 rings (SSSR count). The average molecular weight is 600 g/mol. The number of alkyl halides is 1. The van der Waals surface area contributed by atoms with Crippen LogP contribution in [0.3, 0.4) is 0 Å². The molecule has 1 N–H and O–H groups in total. The molecule has 2 bridgehead atoms. The Kier molecular flexibility index (Phi) is 9.66. The maximum Gasteiger partial charge on any atom is 0.310 e. The minimum atomic E-state index is -0.788. The van der Waals surface area contributed by atoms with Crippen molar-refractivity contribution in [3.05, 3.63) is 25.3 Å². The topological polar surface area (TPSA) is 87.2 Å². The van der Waals surface area contributed by atoms with E-state index in [1.807, 2.05) is 40.7 Å². The molecule has 3 heterocycles. The largest absolute Gasteiger partial charge is 0.465 e. The van der Waals surface area contributed by atoms with Gasteiger partial charge in [-0.25, -0.2) is 0 Å². The molecule has 208 valence electrons. The van der Waals surface area contributed by atoms with E-state index >= 15 is 0 Å². The first-order valence-corrected chi connectivity index (χ1v) is 15.1. The fourth-order valence-corrected chi connectivity index (χ4v) is 9.81. The number of aliphatic hydroxyl groups excluding tert-OH is 1. The number of likely N-dealkylation sites (tertiary alicyclic amines) is 1. The van der Waals surface area contributed by atoms with Gasteiger partial charge in [0.25, 0.3) is 0 Å². The molecule has 3 aliphatic rings. The van der Waals surface area contributed by atoms with Crippen LogP contribution in [-0.2, 0) is 19.1 Å². The number of nitrogens with zero attached hydrogens (tertiary/aromatic N) is 2. The van der Waals surface area contributed by atoms with Gasteiger partial charge in [0.15, 0.2) is 0 Å². The van der Waals surface area contributed by atoms with Crippen molar-refractivity contribution in [2.75, 3.05) is 19.8 Å². The van der Waals surface area contributed by atoms with Gasteiger partial charge in [-0.3, -0.25) is 14.4 Å². The summed E-state index contributed by atoms with van der Waals surface area (Å²) < 4.78 is 4.92. The van der Waals surface area contributed by atoms with Gasteiger partial charge in [-0.1, -0.05) is 41.9 Å². The molecule has 9 heteroatoms. The van der Waals surface area contributed by atoms with Gasteiger partial charge < -0.3 is 19.6 Å². The van der Waals surface area contributed by atoms with Crippen molar-refractivity contribution in [3.8, 4) is 0 Å². The SMILES string of the molecule is C=CCCCCOC(=O)[C@H]1[C@@H]2SC3(CC2Br)C(C(=O)N(CC=C)C(C)(C)C)N([C@@H](CO)C(C)C)C(=O)[C@H]13. The predicted molar refractivity (Wildman–Crippen MR) is 151 cm³/mol. The molecule has 7 atom stereocenters. The molecule has 0 aliphatic carbocycles. The number of halogens is 1. The van der Waals surface area contributed by atoms with Gasteiger partial charge in [0.1, 0.15) is 6.04 Å². The second-order valence-electron chi connectivity index (χ2n) is 11.8. The summed E-state index contributed by atoms with van der Waals surface area (Å²) in [6.07, 6.45) is 6.62. The Morgan fingerprint density at radius 3 is 2.51 bits per heavy atom. The van der Waals surface area contributed by atoms with E-state index < -0.39 is 34.2 Å². The van der Waals surface area contributed by atoms with Crippen molar-refractivity contribution < 1.29 is 24.2 Å². The number of hydrogen-bond acceptors (Lipinski definition) is 6. The van der Waals surface area contributed by atoms with E-state index in [0.717, 1.165) is 19.3 Å². The number of rotatable bonds is 12. The molecule has 3 aliphatic heterocycles. The molecule has 0 aromatic rings. The summed E-state index contributed by atoms with van der Waals surface area (Å²) in [5.74, 6) is -2.11. The average Bonchev–Trinajstić information content (AvgIpc) is 3.40. The number of thioether (sulfide) groups is 1. The standard InChI is InChI=1S/C28H43BrN2O5S/c1-8-10-11-12-14-36-26(35)20-21-24(33)31(19(16-32)17(3)4)23(28(21)15-18(29)22(20)37-28)25(34)30(13-9-2)27(5,6)7/h8-9,17-23,32H,1-2,10-16H2,3-7H3/t18?,19-,20+,21-,22+,23?,28?/m0/s1. The normalized spacial score (nSPS) is 31.4. The molecule has 37 heavy (non-hydrogen) atoms. The number of esters is 1. The summed E-state index contributed by atoms with van der Waals surface area (Å²) in [4.78, 5) is 45.5. The van der Waals surface area contributed by atoms with Crippen LogP contribution in [0.2, 0.25) is 0 Å². The molecule has 3 saturated heterocycles. The highest BCUT2D eigenvalue weighted by Gasteiger charge is 2.77. The molecule has 3 unspecified atom stereocenters. The van der Waals surface area contributed by atoms with Crippen LogP contribution in [0.4, 0.5) is 0 Å². The number of carbonyl (C=O) groups is 3. The highest BCUT2D eigenvalue weighted by atomic mass is 79.9. The minimum Gasteiger partial charge on any atom is -0.465 e. The number of ether oxygens (including phenoxy) is 1. The fraction of sp³-hybridized carbons (Fsp3) is 0.750. The monoisotopic (exact) mass is 598 g/mol. The Morgan fingerprint density at radius 1 is 1.30 bits per heavy atom. The van der Waals surface area contributed by atoms with Crippen LogP contribution < -0.4 is 0 Å². The van der Waals surface area contributed by atoms with Crippen LogP contribution in [0.1, 0.15) is 60.3 Å². The van der Waals surface area contributed by atoms with Gasteiger partial charge in [-0.2, -0.15) is 0 Å². The lowest BCUT2D eigenvalue weighted by Crippen LogP contribution is -2.61. The van der Waals surface area contributed by atoms with Gasteiger partial charge in [0.2, 0.25) is 11.8 Å². The van der Waals surface area contributed by atoms with Crippen LogP contribution >= 0.6 is 27.7 Å². The Bertz CT molecular complexity index is 905. The zero-order chi connectivity index (χ0) is 27.7.